The topological polar surface area (TPSA) is 70.8 Å². The molecule has 0 N–H and O–H groups in total. The molecule has 0 radical (unpaired) electrons. The van der Waals surface area contributed by atoms with E-state index in [1.165, 1.54) is 6.26 Å². The summed E-state index contributed by atoms with van der Waals surface area (Å²) in [5.74, 6) is 0.102. The van der Waals surface area contributed by atoms with Crippen molar-refractivity contribution in [3.63, 3.8) is 0 Å². The lowest BCUT2D eigenvalue weighted by Gasteiger charge is -2.34. The van der Waals surface area contributed by atoms with E-state index in [9.17, 15) is 14.4 Å². The first-order valence-corrected chi connectivity index (χ1v) is 8.75. The van der Waals surface area contributed by atoms with Crippen molar-refractivity contribution in [1.29, 1.82) is 0 Å². The molecule has 1 fully saturated rings. The predicted molar refractivity (Wildman–Crippen MR) is 95.9 cm³/mol. The van der Waals surface area contributed by atoms with E-state index in [1.54, 1.807) is 28.0 Å². The number of furan rings is 1. The van der Waals surface area contributed by atoms with E-state index in [-0.39, 0.29) is 30.4 Å². The first-order chi connectivity index (χ1) is 12.6. The lowest BCUT2D eigenvalue weighted by molar-refractivity contribution is -0.132. The van der Waals surface area contributed by atoms with E-state index in [0.29, 0.717) is 37.5 Å². The molecule has 2 aromatic rings. The third kappa shape index (κ3) is 4.02. The highest BCUT2D eigenvalue weighted by molar-refractivity contribution is 5.99. The molecule has 1 aromatic carbocycles. The van der Waals surface area contributed by atoms with Gasteiger partial charge in [0.2, 0.25) is 5.91 Å². The Morgan fingerprint density at radius 2 is 1.62 bits per heavy atom. The Morgan fingerprint density at radius 1 is 0.923 bits per heavy atom. The van der Waals surface area contributed by atoms with Gasteiger partial charge in [0.05, 0.1) is 6.26 Å². The second kappa shape index (κ2) is 7.99. The molecule has 1 aliphatic heterocycles. The first kappa shape index (κ1) is 17.9. The summed E-state index contributed by atoms with van der Waals surface area (Å²) in [6, 6.07) is 10.7. The van der Waals surface area contributed by atoms with E-state index in [1.807, 2.05) is 25.1 Å². The molecule has 1 aromatic heterocycles. The van der Waals surface area contributed by atoms with Crippen LogP contribution in [0.1, 0.15) is 39.3 Å². The molecule has 26 heavy (non-hydrogen) atoms. The lowest BCUT2D eigenvalue weighted by Crippen LogP contribution is -2.50. The number of hydrogen-bond acceptors (Lipinski definition) is 4. The van der Waals surface area contributed by atoms with Crippen LogP contribution < -0.4 is 0 Å². The number of piperazine rings is 1. The highest BCUT2D eigenvalue weighted by Gasteiger charge is 2.26. The molecule has 1 saturated heterocycles. The number of carbonyl (C=O) groups is 3. The van der Waals surface area contributed by atoms with Gasteiger partial charge in [0.25, 0.3) is 5.91 Å². The fourth-order valence-corrected chi connectivity index (χ4v) is 3.11. The second-order valence-electron chi connectivity index (χ2n) is 6.39. The number of Topliss-reactive ketones (excluding diaryl/α,β-unsaturated/α-hetero) is 1. The summed E-state index contributed by atoms with van der Waals surface area (Å²) < 4.78 is 5.13. The van der Waals surface area contributed by atoms with Gasteiger partial charge in [-0.25, -0.2) is 0 Å². The van der Waals surface area contributed by atoms with Gasteiger partial charge in [-0.05, 0) is 24.6 Å². The Labute approximate surface area is 152 Å². The number of aryl methyl sites for hydroxylation is 1. The monoisotopic (exact) mass is 354 g/mol. The SMILES string of the molecule is Cc1ccccc1C(=O)CCC(=O)N1CCN(C(=O)c2ccco2)CC1. The quantitative estimate of drug-likeness (QED) is 0.774. The van der Waals surface area contributed by atoms with Gasteiger partial charge in [-0.2, -0.15) is 0 Å². The van der Waals surface area contributed by atoms with Gasteiger partial charge in [0, 0.05) is 44.6 Å². The van der Waals surface area contributed by atoms with Crippen molar-refractivity contribution < 1.29 is 18.8 Å². The summed E-state index contributed by atoms with van der Waals surface area (Å²) in [4.78, 5) is 40.3. The molecule has 0 atom stereocenters. The van der Waals surface area contributed by atoms with E-state index < -0.39 is 0 Å². The van der Waals surface area contributed by atoms with Crippen molar-refractivity contribution in [3.05, 3.63) is 59.5 Å². The molecule has 6 heteroatoms. The summed E-state index contributed by atoms with van der Waals surface area (Å²) in [6.07, 6.45) is 1.87. The van der Waals surface area contributed by atoms with Crippen LogP contribution in [0.3, 0.4) is 0 Å². The minimum absolute atomic E-state index is 0.0110. The number of benzene rings is 1. The van der Waals surface area contributed by atoms with Gasteiger partial charge in [-0.15, -0.1) is 0 Å². The number of ketones is 1. The molecule has 1 aliphatic rings. The van der Waals surface area contributed by atoms with Crippen LogP contribution in [0.5, 0.6) is 0 Å². The van der Waals surface area contributed by atoms with Crippen LogP contribution in [-0.4, -0.2) is 53.6 Å². The number of hydrogen-bond donors (Lipinski definition) is 0. The van der Waals surface area contributed by atoms with Crippen LogP contribution in [0.25, 0.3) is 0 Å². The van der Waals surface area contributed by atoms with E-state index in [2.05, 4.69) is 0 Å². The van der Waals surface area contributed by atoms with Gasteiger partial charge >= 0.3 is 0 Å². The van der Waals surface area contributed by atoms with E-state index in [4.69, 9.17) is 4.42 Å². The Hall–Kier alpha value is -2.89. The molecule has 2 heterocycles. The molecule has 0 saturated carbocycles. The van der Waals surface area contributed by atoms with Crippen LogP contribution >= 0.6 is 0 Å². The molecule has 0 unspecified atom stereocenters. The minimum Gasteiger partial charge on any atom is -0.459 e. The molecule has 3 rings (SSSR count). The van der Waals surface area contributed by atoms with Crippen molar-refractivity contribution in [1.82, 2.24) is 9.80 Å². The Bertz CT molecular complexity index is 790. The van der Waals surface area contributed by atoms with Crippen LogP contribution in [-0.2, 0) is 4.79 Å². The van der Waals surface area contributed by atoms with Gasteiger partial charge in [-0.1, -0.05) is 24.3 Å². The van der Waals surface area contributed by atoms with Crippen LogP contribution in [0, 0.1) is 6.92 Å². The summed E-state index contributed by atoms with van der Waals surface area (Å²) >= 11 is 0. The Morgan fingerprint density at radius 3 is 2.27 bits per heavy atom. The van der Waals surface area contributed by atoms with E-state index >= 15 is 0 Å². The molecule has 6 nitrogen and oxygen atoms in total. The minimum atomic E-state index is -0.156. The summed E-state index contributed by atoms with van der Waals surface area (Å²) in [5, 5.41) is 0. The summed E-state index contributed by atoms with van der Waals surface area (Å²) in [5.41, 5.74) is 1.60. The molecule has 136 valence electrons. The van der Waals surface area contributed by atoms with Crippen LogP contribution in [0.4, 0.5) is 0 Å². The number of amides is 2. The maximum Gasteiger partial charge on any atom is 0.289 e. The maximum absolute atomic E-state index is 12.4. The number of carbonyl (C=O) groups excluding carboxylic acids is 3. The van der Waals surface area contributed by atoms with Crippen LogP contribution in [0.2, 0.25) is 0 Å². The smallest absolute Gasteiger partial charge is 0.289 e. The standard InChI is InChI=1S/C20H22N2O4/c1-15-5-2-3-6-16(15)17(23)8-9-19(24)21-10-12-22(13-11-21)20(25)18-7-4-14-26-18/h2-7,14H,8-13H2,1H3. The molecule has 0 aliphatic carbocycles. The molecule has 2 amide bonds. The molecular weight excluding hydrogens is 332 g/mol. The normalized spacial score (nSPS) is 14.3. The highest BCUT2D eigenvalue weighted by Crippen LogP contribution is 2.14. The Kier molecular flexibility index (Phi) is 5.51. The lowest BCUT2D eigenvalue weighted by atomic mass is 10.0. The number of rotatable bonds is 5. The van der Waals surface area contributed by atoms with Gasteiger partial charge in [-0.3, -0.25) is 14.4 Å². The summed E-state index contributed by atoms with van der Waals surface area (Å²) in [6.45, 7) is 3.78. The molecule has 0 bridgehead atoms. The average molecular weight is 354 g/mol. The van der Waals surface area contributed by atoms with Gasteiger partial charge < -0.3 is 14.2 Å². The zero-order valence-corrected chi connectivity index (χ0v) is 14.8. The fourth-order valence-electron chi connectivity index (χ4n) is 3.11. The average Bonchev–Trinajstić information content (AvgIpc) is 3.20. The van der Waals surface area contributed by atoms with Gasteiger partial charge in [0.1, 0.15) is 0 Å². The van der Waals surface area contributed by atoms with Crippen molar-refractivity contribution >= 4 is 17.6 Å². The highest BCUT2D eigenvalue weighted by atomic mass is 16.3. The fraction of sp³-hybridized carbons (Fsp3) is 0.350. The summed E-state index contributed by atoms with van der Waals surface area (Å²) in [7, 11) is 0. The Balaban J connectivity index is 1.47. The maximum atomic E-state index is 12.4. The first-order valence-electron chi connectivity index (χ1n) is 8.75. The molecule has 0 spiro atoms. The van der Waals surface area contributed by atoms with E-state index in [0.717, 1.165) is 5.56 Å². The largest absolute Gasteiger partial charge is 0.459 e. The van der Waals surface area contributed by atoms with Crippen LogP contribution in [0.15, 0.2) is 47.1 Å². The predicted octanol–water partition coefficient (Wildman–Crippen LogP) is 2.54. The number of nitrogens with zero attached hydrogens (tertiary/aromatic N) is 2. The third-order valence-corrected chi connectivity index (χ3v) is 4.66. The van der Waals surface area contributed by atoms with Crippen molar-refractivity contribution in [2.75, 3.05) is 26.2 Å². The third-order valence-electron chi connectivity index (χ3n) is 4.66. The zero-order valence-electron chi connectivity index (χ0n) is 14.8. The van der Waals surface area contributed by atoms with Crippen molar-refractivity contribution in [2.45, 2.75) is 19.8 Å². The van der Waals surface area contributed by atoms with Crippen molar-refractivity contribution in [2.24, 2.45) is 0 Å². The van der Waals surface area contributed by atoms with Gasteiger partial charge in [0.15, 0.2) is 11.5 Å². The van der Waals surface area contributed by atoms with Crippen molar-refractivity contribution in [3.8, 4) is 0 Å². The second-order valence-corrected chi connectivity index (χ2v) is 6.39. The zero-order chi connectivity index (χ0) is 18.5. The molecular formula is C20H22N2O4.